The lowest BCUT2D eigenvalue weighted by atomic mass is 10.1. The average Bonchev–Trinajstić information content (AvgIpc) is 3.88. The number of carbonyl (C=O) groups is 1. The van der Waals surface area contributed by atoms with E-state index in [2.05, 4.69) is 0 Å². The molecule has 290 valence electrons. The number of allylic oxidation sites excluding steroid dienone is 1. The van der Waals surface area contributed by atoms with Gasteiger partial charge in [0.2, 0.25) is 11.5 Å². The molecule has 0 saturated carbocycles. The molecule has 0 amide bonds. The minimum absolute atomic E-state index is 0.184. The third kappa shape index (κ3) is 7.73. The highest BCUT2D eigenvalue weighted by Crippen LogP contribution is 2.45. The fraction of sp³-hybridized carbons (Fsp3) is 0.250. The lowest BCUT2D eigenvalue weighted by Gasteiger charge is -2.18. The highest BCUT2D eigenvalue weighted by atomic mass is 32.2. The molecule has 16 heteroatoms. The summed E-state index contributed by atoms with van der Waals surface area (Å²) in [5, 5.41) is 3.49. The highest BCUT2D eigenvalue weighted by Gasteiger charge is 2.30. The number of furan rings is 2. The molecule has 0 aliphatic carbocycles. The molecule has 0 atom stereocenters. The van der Waals surface area contributed by atoms with Gasteiger partial charge in [-0.2, -0.15) is 21.4 Å². The quantitative estimate of drug-likeness (QED) is 0.0475. The number of para-hydroxylation sites is 2. The summed E-state index contributed by atoms with van der Waals surface area (Å²) in [6.07, 6.45) is 4.31. The van der Waals surface area contributed by atoms with Crippen LogP contribution in [0.4, 0.5) is 5.69 Å². The average molecular weight is 802 g/mol. The minimum Gasteiger partial charge on any atom is -0.469 e. The molecular weight excluding hydrogens is 765 g/mol. The number of anilines is 1. The van der Waals surface area contributed by atoms with E-state index in [4.69, 9.17) is 22.7 Å². The summed E-state index contributed by atoms with van der Waals surface area (Å²) < 4.78 is 96.8. The number of fused-ring (bicyclic) bond motifs is 8. The van der Waals surface area contributed by atoms with Crippen LogP contribution in [0.15, 0.2) is 104 Å². The molecule has 0 saturated heterocycles. The zero-order chi connectivity index (χ0) is 39.2. The highest BCUT2D eigenvalue weighted by molar-refractivity contribution is 7.86. The van der Waals surface area contributed by atoms with Crippen molar-refractivity contribution in [2.24, 2.45) is 0 Å². The standard InChI is InChI=1S/C40H36N2O12S2/c1-50-40(43)20-25(18-38-41(14-6-8-16-55(44,45)46)30-23-34-28(21-36(30)53-38)26-10-2-4-12-32(26)51-34)19-39-42(15-7-9-17-56(47,48)49)31-24-35-29(22-37(31)54-39)27-11-3-5-13-33(27)52-35/h2-5,10-13,18-19,21-24H,6-9,14-17,20H2,1H3,(H-,44,45,46,47,48,49)/p+1. The van der Waals surface area contributed by atoms with Crippen LogP contribution in [0.25, 0.3) is 61.1 Å². The van der Waals surface area contributed by atoms with Crippen molar-refractivity contribution < 1.29 is 58.0 Å². The van der Waals surface area contributed by atoms with Crippen LogP contribution in [0.2, 0.25) is 0 Å². The van der Waals surface area contributed by atoms with Crippen molar-refractivity contribution in [1.82, 2.24) is 0 Å². The summed E-state index contributed by atoms with van der Waals surface area (Å²) in [5.74, 6) is -0.125. The van der Waals surface area contributed by atoms with Crippen molar-refractivity contribution in [3.8, 4) is 5.75 Å². The Bertz CT molecular complexity index is 2960. The smallest absolute Gasteiger partial charge is 0.374 e. The van der Waals surface area contributed by atoms with Crippen molar-refractivity contribution in [2.75, 3.05) is 30.1 Å². The van der Waals surface area contributed by atoms with E-state index in [0.717, 1.165) is 21.5 Å². The summed E-state index contributed by atoms with van der Waals surface area (Å²) in [6.45, 7) is 0.605. The Morgan fingerprint density at radius 3 is 2.04 bits per heavy atom. The molecule has 0 unspecified atom stereocenters. The fourth-order valence-electron chi connectivity index (χ4n) is 7.12. The van der Waals surface area contributed by atoms with Crippen LogP contribution >= 0.6 is 0 Å². The van der Waals surface area contributed by atoms with E-state index in [0.29, 0.717) is 88.1 Å². The number of nitrogens with zero attached hydrogens (tertiary/aromatic N) is 2. The predicted molar refractivity (Wildman–Crippen MR) is 209 cm³/mol. The van der Waals surface area contributed by atoms with Gasteiger partial charge in [0.25, 0.3) is 25.8 Å². The first-order chi connectivity index (χ1) is 26.8. The number of hydrogen-bond donors (Lipinski definition) is 2. The van der Waals surface area contributed by atoms with Crippen molar-refractivity contribution >= 4 is 92.9 Å². The molecule has 4 heterocycles. The van der Waals surface area contributed by atoms with E-state index < -0.39 is 37.7 Å². The summed E-state index contributed by atoms with van der Waals surface area (Å²) in [4.78, 5) is 14.7. The monoisotopic (exact) mass is 801 g/mol. The largest absolute Gasteiger partial charge is 0.469 e. The normalized spacial score (nSPS) is 14.5. The lowest BCUT2D eigenvalue weighted by molar-refractivity contribution is -0.678. The maximum atomic E-state index is 12.9. The molecule has 4 aromatic carbocycles. The molecule has 8 rings (SSSR count). The van der Waals surface area contributed by atoms with Gasteiger partial charge in [-0.15, -0.1) is 0 Å². The minimum atomic E-state index is -4.16. The Labute approximate surface area is 320 Å². The van der Waals surface area contributed by atoms with E-state index in [1.807, 2.05) is 82.3 Å². The second-order valence-corrected chi connectivity index (χ2v) is 16.8. The predicted octanol–water partition coefficient (Wildman–Crippen LogP) is 7.54. The van der Waals surface area contributed by atoms with Crippen molar-refractivity contribution in [3.05, 3.63) is 96.2 Å². The first-order valence-corrected chi connectivity index (χ1v) is 21.1. The molecule has 2 N–H and O–H groups in total. The van der Waals surface area contributed by atoms with Crippen LogP contribution in [0.1, 0.15) is 38.0 Å². The number of hydrogen-bond acceptors (Lipinski definition) is 11. The molecule has 0 fully saturated rings. The van der Waals surface area contributed by atoms with Crippen molar-refractivity contribution in [1.29, 1.82) is 0 Å². The van der Waals surface area contributed by atoms with Gasteiger partial charge in [-0.1, -0.05) is 36.4 Å². The van der Waals surface area contributed by atoms with Gasteiger partial charge in [0.05, 0.1) is 42.9 Å². The number of esters is 1. The first-order valence-electron chi connectivity index (χ1n) is 17.9. The van der Waals surface area contributed by atoms with Crippen LogP contribution < -0.4 is 14.2 Å². The summed E-state index contributed by atoms with van der Waals surface area (Å²) in [6, 6.07) is 22.7. The Morgan fingerprint density at radius 1 is 0.750 bits per heavy atom. The van der Waals surface area contributed by atoms with Gasteiger partial charge < -0.3 is 27.6 Å². The molecule has 0 radical (unpaired) electrons. The molecule has 14 nitrogen and oxygen atoms in total. The van der Waals surface area contributed by atoms with Crippen LogP contribution in [-0.2, 0) is 36.3 Å². The van der Waals surface area contributed by atoms with Gasteiger partial charge in [0.1, 0.15) is 22.3 Å². The number of carbonyl (C=O) groups excluding carboxylic acids is 1. The molecule has 0 bridgehead atoms. The topological polar surface area (TPSA) is 191 Å². The maximum Gasteiger partial charge on any atom is 0.374 e. The number of benzene rings is 4. The van der Waals surface area contributed by atoms with E-state index in [1.54, 1.807) is 12.2 Å². The Kier molecular flexibility index (Phi) is 9.82. The van der Waals surface area contributed by atoms with Gasteiger partial charge in [-0.25, -0.2) is 0 Å². The number of oxazole rings is 1. The van der Waals surface area contributed by atoms with Crippen LogP contribution in [0, 0.1) is 0 Å². The molecule has 1 aliphatic heterocycles. The SMILES string of the molecule is COC(=O)CC(=Cc1oc2cc3c(cc2[n+]1CCCCS(=O)(=O)O)oc1ccccc13)C=C1Oc2cc3c(cc2N1CCCCS(=O)(=O)O)oc1ccccc13. The summed E-state index contributed by atoms with van der Waals surface area (Å²) in [5.41, 5.74) is 4.97. The van der Waals surface area contributed by atoms with Gasteiger partial charge in [0.15, 0.2) is 12.3 Å². The summed E-state index contributed by atoms with van der Waals surface area (Å²) in [7, 11) is -7.04. The molecule has 0 spiro atoms. The van der Waals surface area contributed by atoms with Gasteiger partial charge in [-0.05, 0) is 49.1 Å². The number of rotatable bonds is 14. The number of ether oxygens (including phenoxy) is 2. The second-order valence-electron chi connectivity index (χ2n) is 13.6. The third-order valence-electron chi connectivity index (χ3n) is 9.72. The Morgan fingerprint density at radius 2 is 1.38 bits per heavy atom. The van der Waals surface area contributed by atoms with E-state index in [9.17, 15) is 30.7 Å². The Balaban J connectivity index is 1.23. The molecule has 7 aromatic rings. The van der Waals surface area contributed by atoms with Crippen molar-refractivity contribution in [2.45, 2.75) is 38.6 Å². The van der Waals surface area contributed by atoms with Crippen LogP contribution in [-0.4, -0.2) is 57.1 Å². The zero-order valence-corrected chi connectivity index (χ0v) is 31.8. The molecular formula is C40H37N2O12S2+. The molecule has 56 heavy (non-hydrogen) atoms. The maximum absolute atomic E-state index is 12.9. The zero-order valence-electron chi connectivity index (χ0n) is 30.1. The van der Waals surface area contributed by atoms with E-state index in [1.165, 1.54) is 7.11 Å². The van der Waals surface area contributed by atoms with Crippen LogP contribution in [0.3, 0.4) is 0 Å². The van der Waals surface area contributed by atoms with Gasteiger partial charge >= 0.3 is 11.9 Å². The number of methoxy groups -OCH3 is 1. The molecule has 1 aliphatic rings. The number of aryl methyl sites for hydroxylation is 1. The first kappa shape index (κ1) is 37.3. The lowest BCUT2D eigenvalue weighted by Crippen LogP contribution is -2.35. The van der Waals surface area contributed by atoms with Crippen LogP contribution in [0.5, 0.6) is 5.75 Å². The molecule has 3 aromatic heterocycles. The second kappa shape index (κ2) is 14.8. The van der Waals surface area contributed by atoms with E-state index in [-0.39, 0.29) is 19.3 Å². The van der Waals surface area contributed by atoms with Crippen molar-refractivity contribution in [3.63, 3.8) is 0 Å². The van der Waals surface area contributed by atoms with Gasteiger partial charge in [0, 0.05) is 46.7 Å². The number of aromatic nitrogens is 1. The summed E-state index contributed by atoms with van der Waals surface area (Å²) >= 11 is 0. The van der Waals surface area contributed by atoms with Gasteiger partial charge in [-0.3, -0.25) is 13.9 Å². The number of unbranched alkanes of at least 4 members (excludes halogenated alkanes) is 2. The fourth-order valence-corrected chi connectivity index (χ4v) is 8.26. The third-order valence-corrected chi connectivity index (χ3v) is 11.3. The van der Waals surface area contributed by atoms with E-state index >= 15 is 0 Å². The Hall–Kier alpha value is -5.68.